The van der Waals surface area contributed by atoms with Crippen LogP contribution in [-0.4, -0.2) is 13.9 Å². The largest absolute Gasteiger partial charge is 0.497 e. The Morgan fingerprint density at radius 1 is 1.00 bits per heavy atom. The van der Waals surface area contributed by atoms with Crippen molar-refractivity contribution in [2.24, 2.45) is 0 Å². The zero-order valence-corrected chi connectivity index (χ0v) is 13.1. The second-order valence-corrected chi connectivity index (χ2v) is 5.57. The monoisotopic (exact) mass is 344 g/mol. The summed E-state index contributed by atoms with van der Waals surface area (Å²) in [5.74, 6) is 2.47. The van der Waals surface area contributed by atoms with Gasteiger partial charge in [0, 0.05) is 5.33 Å². The molecule has 0 fully saturated rings. The smallest absolute Gasteiger partial charge is 0.231 e. The molecule has 0 N–H and O–H groups in total. The molecule has 3 nitrogen and oxygen atoms in total. The number of benzene rings is 3. The average Bonchev–Trinajstić information content (AvgIpc) is 2.98. The minimum atomic E-state index is 0.290. The van der Waals surface area contributed by atoms with Gasteiger partial charge in [0.25, 0.3) is 0 Å². The summed E-state index contributed by atoms with van der Waals surface area (Å²) in [4.78, 5) is 0. The van der Waals surface area contributed by atoms with Crippen LogP contribution in [-0.2, 0) is 5.33 Å². The van der Waals surface area contributed by atoms with Crippen molar-refractivity contribution in [1.82, 2.24) is 0 Å². The molecule has 0 radical (unpaired) electrons. The van der Waals surface area contributed by atoms with E-state index in [4.69, 9.17) is 14.2 Å². The molecule has 0 unspecified atom stereocenters. The highest BCUT2D eigenvalue weighted by Gasteiger charge is 2.16. The first-order chi connectivity index (χ1) is 10.3. The third-order valence-corrected chi connectivity index (χ3v) is 4.49. The van der Waals surface area contributed by atoms with E-state index in [-0.39, 0.29) is 6.79 Å². The molecular formula is C17H13BrO3. The standard InChI is InChI=1S/C17H13BrO3/c1-19-12-2-3-13-11(8-18)4-10-5-16-17(21-9-20-16)7-14(10)15(13)6-12/h2-7H,8-9H2,1H3. The summed E-state index contributed by atoms with van der Waals surface area (Å²) in [5.41, 5.74) is 1.25. The SMILES string of the molecule is COc1ccc2c(CBr)cc3cc4c(cc3c2c1)OCO4. The maximum Gasteiger partial charge on any atom is 0.231 e. The average molecular weight is 345 g/mol. The van der Waals surface area contributed by atoms with Gasteiger partial charge in [-0.3, -0.25) is 0 Å². The Morgan fingerprint density at radius 2 is 1.81 bits per heavy atom. The van der Waals surface area contributed by atoms with Crippen molar-refractivity contribution in [3.05, 3.63) is 42.0 Å². The molecule has 4 heteroatoms. The first-order valence-electron chi connectivity index (χ1n) is 6.69. The Balaban J connectivity index is 2.14. The quantitative estimate of drug-likeness (QED) is 0.501. The Morgan fingerprint density at radius 3 is 2.57 bits per heavy atom. The van der Waals surface area contributed by atoms with Crippen LogP contribution in [0.2, 0.25) is 0 Å². The Hall–Kier alpha value is -1.94. The predicted octanol–water partition coefficient (Wildman–Crippen LogP) is 4.63. The second-order valence-electron chi connectivity index (χ2n) is 5.01. The highest BCUT2D eigenvalue weighted by atomic mass is 79.9. The number of halogens is 1. The fourth-order valence-corrected chi connectivity index (χ4v) is 3.30. The normalized spacial score (nSPS) is 13.0. The molecule has 3 aromatic rings. The minimum Gasteiger partial charge on any atom is -0.497 e. The molecule has 0 aromatic heterocycles. The van der Waals surface area contributed by atoms with Crippen LogP contribution < -0.4 is 14.2 Å². The first-order valence-corrected chi connectivity index (χ1v) is 7.81. The van der Waals surface area contributed by atoms with Crippen LogP contribution in [0.25, 0.3) is 21.5 Å². The molecule has 0 bridgehead atoms. The van der Waals surface area contributed by atoms with E-state index in [1.807, 2.05) is 12.1 Å². The summed E-state index contributed by atoms with van der Waals surface area (Å²) >= 11 is 3.58. The summed E-state index contributed by atoms with van der Waals surface area (Å²) in [6.07, 6.45) is 0. The highest BCUT2D eigenvalue weighted by molar-refractivity contribution is 9.08. The van der Waals surface area contributed by atoms with E-state index < -0.39 is 0 Å². The molecule has 0 spiro atoms. The summed E-state index contributed by atoms with van der Waals surface area (Å²) < 4.78 is 16.4. The minimum absolute atomic E-state index is 0.290. The maximum absolute atomic E-state index is 5.51. The molecular weight excluding hydrogens is 332 g/mol. The second kappa shape index (κ2) is 4.81. The van der Waals surface area contributed by atoms with Crippen molar-refractivity contribution in [3.63, 3.8) is 0 Å². The molecule has 3 aromatic carbocycles. The van der Waals surface area contributed by atoms with Crippen molar-refractivity contribution in [2.45, 2.75) is 5.33 Å². The number of hydrogen-bond donors (Lipinski definition) is 0. The van der Waals surface area contributed by atoms with E-state index >= 15 is 0 Å². The van der Waals surface area contributed by atoms with Crippen molar-refractivity contribution >= 4 is 37.5 Å². The van der Waals surface area contributed by atoms with Crippen LogP contribution in [0.3, 0.4) is 0 Å². The van der Waals surface area contributed by atoms with Crippen LogP contribution in [0.15, 0.2) is 36.4 Å². The van der Waals surface area contributed by atoms with E-state index in [1.165, 1.54) is 16.3 Å². The van der Waals surface area contributed by atoms with Crippen LogP contribution >= 0.6 is 15.9 Å². The van der Waals surface area contributed by atoms with Crippen LogP contribution in [0.4, 0.5) is 0 Å². The first kappa shape index (κ1) is 12.8. The van der Waals surface area contributed by atoms with E-state index in [0.717, 1.165) is 33.4 Å². The lowest BCUT2D eigenvalue weighted by Crippen LogP contribution is -1.92. The zero-order chi connectivity index (χ0) is 14.4. The molecule has 0 aliphatic carbocycles. The van der Waals surface area contributed by atoms with Crippen molar-refractivity contribution in [2.75, 3.05) is 13.9 Å². The molecule has 1 heterocycles. The summed E-state index contributed by atoms with van der Waals surface area (Å²) in [7, 11) is 1.69. The molecule has 106 valence electrons. The van der Waals surface area contributed by atoms with Gasteiger partial charge < -0.3 is 14.2 Å². The van der Waals surface area contributed by atoms with E-state index in [9.17, 15) is 0 Å². The Bertz CT molecular complexity index is 858. The number of fused-ring (bicyclic) bond motifs is 4. The lowest BCUT2D eigenvalue weighted by Gasteiger charge is -2.11. The maximum atomic E-state index is 5.51. The Labute approximate surface area is 130 Å². The van der Waals surface area contributed by atoms with Gasteiger partial charge in [-0.25, -0.2) is 0 Å². The number of rotatable bonds is 2. The molecule has 21 heavy (non-hydrogen) atoms. The van der Waals surface area contributed by atoms with Gasteiger partial charge in [0.1, 0.15) is 5.75 Å². The van der Waals surface area contributed by atoms with E-state index in [2.05, 4.69) is 40.2 Å². The van der Waals surface area contributed by atoms with Gasteiger partial charge in [0.15, 0.2) is 11.5 Å². The number of alkyl halides is 1. The van der Waals surface area contributed by atoms with Gasteiger partial charge in [-0.2, -0.15) is 0 Å². The lowest BCUT2D eigenvalue weighted by molar-refractivity contribution is 0.174. The third kappa shape index (κ3) is 1.94. The van der Waals surface area contributed by atoms with Gasteiger partial charge in [-0.1, -0.05) is 22.0 Å². The van der Waals surface area contributed by atoms with Crippen LogP contribution in [0.1, 0.15) is 5.56 Å². The van der Waals surface area contributed by atoms with Crippen LogP contribution in [0, 0.1) is 0 Å². The van der Waals surface area contributed by atoms with Gasteiger partial charge in [-0.05, 0) is 57.4 Å². The van der Waals surface area contributed by atoms with Crippen molar-refractivity contribution in [1.29, 1.82) is 0 Å². The molecule has 0 saturated heterocycles. The van der Waals surface area contributed by atoms with Gasteiger partial charge >= 0.3 is 0 Å². The topological polar surface area (TPSA) is 27.7 Å². The molecule has 1 aliphatic rings. The molecule has 0 amide bonds. The summed E-state index contributed by atoms with van der Waals surface area (Å²) in [6.45, 7) is 0.290. The number of methoxy groups -OCH3 is 1. The van der Waals surface area contributed by atoms with Gasteiger partial charge in [0.2, 0.25) is 6.79 Å². The molecule has 4 rings (SSSR count). The van der Waals surface area contributed by atoms with Gasteiger partial charge in [-0.15, -0.1) is 0 Å². The molecule has 0 saturated carbocycles. The number of ether oxygens (including phenoxy) is 3. The molecule has 0 atom stereocenters. The predicted molar refractivity (Wildman–Crippen MR) is 86.8 cm³/mol. The fraction of sp³-hybridized carbons (Fsp3) is 0.176. The van der Waals surface area contributed by atoms with Crippen molar-refractivity contribution < 1.29 is 14.2 Å². The Kier molecular flexibility index (Phi) is 2.93. The summed E-state index contributed by atoms with van der Waals surface area (Å²) in [6, 6.07) is 12.5. The zero-order valence-electron chi connectivity index (χ0n) is 11.5. The van der Waals surface area contributed by atoms with Gasteiger partial charge in [0.05, 0.1) is 7.11 Å². The molecule has 1 aliphatic heterocycles. The summed E-state index contributed by atoms with van der Waals surface area (Å²) in [5, 5.41) is 5.49. The van der Waals surface area contributed by atoms with Crippen LogP contribution in [0.5, 0.6) is 17.2 Å². The van der Waals surface area contributed by atoms with E-state index in [1.54, 1.807) is 7.11 Å². The highest BCUT2D eigenvalue weighted by Crippen LogP contribution is 2.40. The van der Waals surface area contributed by atoms with Crippen molar-refractivity contribution in [3.8, 4) is 17.2 Å². The van der Waals surface area contributed by atoms with E-state index in [0.29, 0.717) is 0 Å². The fourth-order valence-electron chi connectivity index (χ4n) is 2.84. The number of hydrogen-bond acceptors (Lipinski definition) is 3. The lowest BCUT2D eigenvalue weighted by atomic mass is 9.97. The third-order valence-electron chi connectivity index (χ3n) is 3.88.